The van der Waals surface area contributed by atoms with E-state index in [-0.39, 0.29) is 23.5 Å². The Morgan fingerprint density at radius 3 is 2.11 bits per heavy atom. The summed E-state index contributed by atoms with van der Waals surface area (Å²) in [5.74, 6) is 0.191. The number of hydrogen-bond acceptors (Lipinski definition) is 9. The van der Waals surface area contributed by atoms with E-state index >= 15 is 0 Å². The first-order valence-electron chi connectivity index (χ1n) is 14.4. The maximum absolute atomic E-state index is 13.5. The van der Waals surface area contributed by atoms with E-state index in [4.69, 9.17) is 4.98 Å². The molecule has 0 unspecified atom stereocenters. The maximum Gasteiger partial charge on any atom is 0.265 e. The molecule has 1 aliphatic rings. The number of amides is 3. The number of halogens is 1. The fourth-order valence-electron chi connectivity index (χ4n) is 5.45. The molecule has 3 heterocycles. The number of rotatable bonds is 8. The Morgan fingerprint density at radius 2 is 1.40 bits per heavy atom. The molecule has 0 spiro atoms. The van der Waals surface area contributed by atoms with E-state index in [1.165, 1.54) is 33.6 Å². The monoisotopic (exact) mass is 752 g/mol. The molecular formula is C35H21BrN4O3S4. The number of thioether (sulfide) groups is 2. The highest BCUT2D eigenvalue weighted by atomic mass is 79.9. The van der Waals surface area contributed by atoms with E-state index in [9.17, 15) is 14.4 Å². The van der Waals surface area contributed by atoms with Crippen molar-refractivity contribution in [3.63, 3.8) is 0 Å². The van der Waals surface area contributed by atoms with E-state index in [1.54, 1.807) is 41.3 Å². The van der Waals surface area contributed by atoms with Crippen LogP contribution in [-0.2, 0) is 10.5 Å². The smallest absolute Gasteiger partial charge is 0.265 e. The molecule has 0 bridgehead atoms. The molecule has 5 aromatic carbocycles. The fourth-order valence-corrected chi connectivity index (χ4v) is 9.68. The van der Waals surface area contributed by atoms with Crippen LogP contribution in [0.1, 0.15) is 26.3 Å². The van der Waals surface area contributed by atoms with Gasteiger partial charge in [-0.2, -0.15) is 0 Å². The van der Waals surface area contributed by atoms with Crippen LogP contribution in [0.5, 0.6) is 0 Å². The van der Waals surface area contributed by atoms with Crippen molar-refractivity contribution in [3.8, 4) is 0 Å². The Kier molecular flexibility index (Phi) is 8.06. The minimum atomic E-state index is -0.346. The average molecular weight is 754 g/mol. The summed E-state index contributed by atoms with van der Waals surface area (Å²) in [6, 6.07) is 30.4. The maximum atomic E-state index is 13.5. The molecule has 0 atom stereocenters. The number of thiazole rings is 2. The number of aromatic nitrogens is 2. The predicted molar refractivity (Wildman–Crippen MR) is 197 cm³/mol. The van der Waals surface area contributed by atoms with Gasteiger partial charge in [0.05, 0.1) is 31.9 Å². The molecule has 0 saturated heterocycles. The number of fused-ring (bicyclic) bond motifs is 2. The summed E-state index contributed by atoms with van der Waals surface area (Å²) in [6.07, 6.45) is 0. The number of anilines is 2. The summed E-state index contributed by atoms with van der Waals surface area (Å²) >= 11 is 9.56. The van der Waals surface area contributed by atoms with Crippen molar-refractivity contribution in [1.82, 2.24) is 9.97 Å². The Labute approximate surface area is 293 Å². The van der Waals surface area contributed by atoms with E-state index in [0.29, 0.717) is 22.2 Å². The third-order valence-corrected chi connectivity index (χ3v) is 12.6. The molecule has 0 radical (unpaired) electrons. The molecular weight excluding hydrogens is 733 g/mol. The fraction of sp³-hybridized carbons (Fsp3) is 0.0571. The Balaban J connectivity index is 0.926. The van der Waals surface area contributed by atoms with E-state index in [0.717, 1.165) is 50.4 Å². The van der Waals surface area contributed by atoms with Crippen molar-refractivity contribution in [1.29, 1.82) is 0 Å². The zero-order chi connectivity index (χ0) is 32.1. The van der Waals surface area contributed by atoms with Crippen molar-refractivity contribution in [2.45, 2.75) is 14.4 Å². The van der Waals surface area contributed by atoms with Gasteiger partial charge in [-0.15, -0.1) is 22.7 Å². The number of carbonyl (C=O) groups is 3. The van der Waals surface area contributed by atoms with Gasteiger partial charge in [0, 0.05) is 32.4 Å². The molecule has 1 aliphatic heterocycles. The van der Waals surface area contributed by atoms with E-state index < -0.39 is 0 Å². The first-order valence-corrected chi connectivity index (χ1v) is 18.8. The van der Waals surface area contributed by atoms with Gasteiger partial charge in [0.1, 0.15) is 0 Å². The molecule has 8 rings (SSSR count). The average Bonchev–Trinajstić information content (AvgIpc) is 3.69. The van der Waals surface area contributed by atoms with Gasteiger partial charge in [-0.3, -0.25) is 14.4 Å². The number of hydrogen-bond donors (Lipinski definition) is 1. The second-order valence-electron chi connectivity index (χ2n) is 10.7. The van der Waals surface area contributed by atoms with Crippen LogP contribution in [0, 0.1) is 0 Å². The van der Waals surface area contributed by atoms with Crippen LogP contribution in [0.2, 0.25) is 0 Å². The summed E-state index contributed by atoms with van der Waals surface area (Å²) < 4.78 is 4.61. The lowest BCUT2D eigenvalue weighted by molar-refractivity contribution is -0.113. The third kappa shape index (κ3) is 5.96. The second kappa shape index (κ2) is 12.5. The number of carbonyl (C=O) groups excluding carboxylic acids is 3. The highest BCUT2D eigenvalue weighted by Crippen LogP contribution is 2.37. The Bertz CT molecular complexity index is 2340. The van der Waals surface area contributed by atoms with Gasteiger partial charge in [0.15, 0.2) is 8.68 Å². The first kappa shape index (κ1) is 30.3. The SMILES string of the molecule is O=C(CSc1nc2ccc(N3C(=O)c4cccc5cccc(c45)C3=O)cc2s1)Nc1ccc2nc(SCc3ccc(Br)cc3)sc2c1. The quantitative estimate of drug-likeness (QED) is 0.122. The standard InChI is InChI=1S/C35H21BrN4O3S4/c36-21-9-7-19(8-10-21)17-44-34-38-26-13-11-22(15-28(26)46-34)37-30(41)18-45-35-39-27-14-12-23(16-29(27)47-35)40-32(42)24-5-1-3-20-4-2-6-25(31(20)24)33(40)43/h1-16H,17-18H2,(H,37,41). The van der Waals surface area contributed by atoms with Crippen molar-refractivity contribution < 1.29 is 14.4 Å². The van der Waals surface area contributed by atoms with Gasteiger partial charge in [-0.25, -0.2) is 14.9 Å². The van der Waals surface area contributed by atoms with Gasteiger partial charge in [0.25, 0.3) is 11.8 Å². The van der Waals surface area contributed by atoms with Crippen molar-refractivity contribution in [2.75, 3.05) is 16.0 Å². The van der Waals surface area contributed by atoms with Crippen LogP contribution in [0.3, 0.4) is 0 Å². The normalized spacial score (nSPS) is 12.8. The van der Waals surface area contributed by atoms with Crippen LogP contribution in [0.25, 0.3) is 31.2 Å². The molecule has 0 saturated carbocycles. The molecule has 3 amide bonds. The van der Waals surface area contributed by atoms with Crippen LogP contribution >= 0.6 is 62.1 Å². The molecule has 1 N–H and O–H groups in total. The molecule has 230 valence electrons. The van der Waals surface area contributed by atoms with Crippen LogP contribution in [-0.4, -0.2) is 33.4 Å². The molecule has 0 aliphatic carbocycles. The van der Waals surface area contributed by atoms with Crippen molar-refractivity contribution in [2.24, 2.45) is 0 Å². The summed E-state index contributed by atoms with van der Waals surface area (Å²) in [5, 5.41) is 4.55. The molecule has 0 fully saturated rings. The molecule has 47 heavy (non-hydrogen) atoms. The van der Waals surface area contributed by atoms with Gasteiger partial charge in [-0.05, 0) is 71.6 Å². The largest absolute Gasteiger partial charge is 0.325 e. The highest BCUT2D eigenvalue weighted by Gasteiger charge is 2.34. The lowest BCUT2D eigenvalue weighted by atomic mass is 9.94. The molecule has 2 aromatic heterocycles. The zero-order valence-corrected chi connectivity index (χ0v) is 29.1. The first-order chi connectivity index (χ1) is 22.9. The number of benzene rings is 5. The van der Waals surface area contributed by atoms with Gasteiger partial charge in [-0.1, -0.05) is 75.9 Å². The molecule has 7 aromatic rings. The minimum absolute atomic E-state index is 0.138. The van der Waals surface area contributed by atoms with Crippen LogP contribution in [0.4, 0.5) is 11.4 Å². The van der Waals surface area contributed by atoms with Crippen LogP contribution in [0.15, 0.2) is 110 Å². The van der Waals surface area contributed by atoms with Gasteiger partial charge >= 0.3 is 0 Å². The third-order valence-electron chi connectivity index (χ3n) is 7.64. The summed E-state index contributed by atoms with van der Waals surface area (Å²) in [6.45, 7) is 0. The second-order valence-corrected chi connectivity index (χ2v) is 16.1. The van der Waals surface area contributed by atoms with E-state index in [1.807, 2.05) is 66.7 Å². The number of imide groups is 1. The van der Waals surface area contributed by atoms with Crippen molar-refractivity contribution in [3.05, 3.63) is 118 Å². The highest BCUT2D eigenvalue weighted by molar-refractivity contribution is 9.10. The lowest BCUT2D eigenvalue weighted by Gasteiger charge is -2.27. The van der Waals surface area contributed by atoms with Crippen molar-refractivity contribution >= 4 is 122 Å². The topological polar surface area (TPSA) is 92.3 Å². The van der Waals surface area contributed by atoms with Gasteiger partial charge < -0.3 is 5.32 Å². The number of nitrogens with zero attached hydrogens (tertiary/aromatic N) is 3. The lowest BCUT2D eigenvalue weighted by Crippen LogP contribution is -2.40. The van der Waals surface area contributed by atoms with Crippen LogP contribution < -0.4 is 10.2 Å². The van der Waals surface area contributed by atoms with E-state index in [2.05, 4.69) is 38.4 Å². The minimum Gasteiger partial charge on any atom is -0.325 e. The zero-order valence-electron chi connectivity index (χ0n) is 24.2. The summed E-state index contributed by atoms with van der Waals surface area (Å²) in [4.78, 5) is 50.5. The summed E-state index contributed by atoms with van der Waals surface area (Å²) in [7, 11) is 0. The predicted octanol–water partition coefficient (Wildman–Crippen LogP) is 9.65. The Morgan fingerprint density at radius 1 is 0.766 bits per heavy atom. The summed E-state index contributed by atoms with van der Waals surface area (Å²) in [5.41, 5.74) is 5.11. The molecule has 7 nitrogen and oxygen atoms in total. The van der Waals surface area contributed by atoms with Gasteiger partial charge in [0.2, 0.25) is 5.91 Å². The molecule has 12 heteroatoms. The number of nitrogens with one attached hydrogen (secondary N) is 1. The Hall–Kier alpha value is -4.07.